The third-order valence-electron chi connectivity index (χ3n) is 4.06. The van der Waals surface area contributed by atoms with Gasteiger partial charge in [-0.15, -0.1) is 0 Å². The number of aliphatic hydroxyl groups is 1. The van der Waals surface area contributed by atoms with E-state index in [1.807, 2.05) is 18.2 Å². The highest BCUT2D eigenvalue weighted by Crippen LogP contribution is 2.32. The molecule has 2 nitrogen and oxygen atoms in total. The summed E-state index contributed by atoms with van der Waals surface area (Å²) in [6.07, 6.45) is 4.57. The second kappa shape index (κ2) is 6.57. The number of nitrogens with one attached hydrogen (secondary N) is 1. The van der Waals surface area contributed by atoms with E-state index in [-0.39, 0.29) is 12.1 Å². The maximum Gasteiger partial charge on any atom is 0.0613 e. The van der Waals surface area contributed by atoms with E-state index in [9.17, 15) is 5.11 Å². The fraction of sp³-hybridized carbons (Fsp3) is 0.600. The van der Waals surface area contributed by atoms with Gasteiger partial charge in [0.05, 0.1) is 6.61 Å². The summed E-state index contributed by atoms with van der Waals surface area (Å²) in [4.78, 5) is 0. The van der Waals surface area contributed by atoms with Crippen LogP contribution in [0.15, 0.2) is 22.7 Å². The largest absolute Gasteiger partial charge is 0.394 e. The van der Waals surface area contributed by atoms with E-state index in [0.717, 1.165) is 28.9 Å². The average Bonchev–Trinajstić information content (AvgIpc) is 2.38. The molecule has 4 heteroatoms. The van der Waals surface area contributed by atoms with E-state index in [2.05, 4.69) is 28.2 Å². The summed E-state index contributed by atoms with van der Waals surface area (Å²) < 4.78 is 1.02. The molecule has 0 spiro atoms. The Morgan fingerprint density at radius 2 is 2.32 bits per heavy atom. The predicted molar refractivity (Wildman–Crippen MR) is 83.4 cm³/mol. The summed E-state index contributed by atoms with van der Waals surface area (Å²) in [5, 5.41) is 14.1. The summed E-state index contributed by atoms with van der Waals surface area (Å²) in [6, 6.07) is 5.84. The predicted octanol–water partition coefficient (Wildman–Crippen LogP) is 4.13. The number of aliphatic hydroxyl groups excluding tert-OH is 1. The van der Waals surface area contributed by atoms with Gasteiger partial charge in [0.15, 0.2) is 0 Å². The fourth-order valence-corrected chi connectivity index (χ4v) is 3.79. The molecule has 2 N–H and O–H groups in total. The van der Waals surface area contributed by atoms with E-state index >= 15 is 0 Å². The van der Waals surface area contributed by atoms with Crippen LogP contribution in [0.4, 0.5) is 0 Å². The lowest BCUT2D eigenvalue weighted by atomic mass is 9.77. The molecule has 1 aromatic carbocycles. The smallest absolute Gasteiger partial charge is 0.0613 e. The zero-order valence-electron chi connectivity index (χ0n) is 11.3. The zero-order chi connectivity index (χ0) is 13.9. The summed E-state index contributed by atoms with van der Waals surface area (Å²) in [6.45, 7) is 3.23. The second-order valence-electron chi connectivity index (χ2n) is 5.73. The van der Waals surface area contributed by atoms with Crippen LogP contribution in [0.5, 0.6) is 0 Å². The van der Waals surface area contributed by atoms with Crippen molar-refractivity contribution in [2.24, 2.45) is 5.92 Å². The van der Waals surface area contributed by atoms with Crippen LogP contribution < -0.4 is 5.32 Å². The van der Waals surface area contributed by atoms with Crippen LogP contribution in [-0.2, 0) is 6.54 Å². The minimum Gasteiger partial charge on any atom is -0.394 e. The first-order valence-electron chi connectivity index (χ1n) is 6.84. The molecule has 0 aromatic heterocycles. The van der Waals surface area contributed by atoms with Crippen molar-refractivity contribution in [3.05, 3.63) is 33.3 Å². The second-order valence-corrected chi connectivity index (χ2v) is 7.02. The zero-order valence-corrected chi connectivity index (χ0v) is 13.6. The van der Waals surface area contributed by atoms with E-state index < -0.39 is 0 Å². The Balaban J connectivity index is 2.03. The van der Waals surface area contributed by atoms with Crippen LogP contribution in [0, 0.1) is 5.92 Å². The minimum atomic E-state index is -0.114. The van der Waals surface area contributed by atoms with Crippen molar-refractivity contribution in [2.45, 2.75) is 44.7 Å². The molecule has 0 amide bonds. The number of hydrogen-bond donors (Lipinski definition) is 2. The average molecular weight is 347 g/mol. The van der Waals surface area contributed by atoms with Crippen molar-refractivity contribution in [1.82, 2.24) is 5.32 Å². The minimum absolute atomic E-state index is 0.114. The highest BCUT2D eigenvalue weighted by Gasteiger charge is 2.33. The molecular formula is C15H21BrClNO. The van der Waals surface area contributed by atoms with Gasteiger partial charge in [0.25, 0.3) is 0 Å². The van der Waals surface area contributed by atoms with Gasteiger partial charge >= 0.3 is 0 Å². The Morgan fingerprint density at radius 1 is 1.53 bits per heavy atom. The Hall–Kier alpha value is -0.0900. The molecule has 19 heavy (non-hydrogen) atoms. The molecule has 2 atom stereocenters. The summed E-state index contributed by atoms with van der Waals surface area (Å²) in [5.41, 5.74) is 1.06. The van der Waals surface area contributed by atoms with Gasteiger partial charge in [0, 0.05) is 21.6 Å². The third kappa shape index (κ3) is 3.94. The van der Waals surface area contributed by atoms with Gasteiger partial charge in [-0.3, -0.25) is 0 Å². The topological polar surface area (TPSA) is 32.3 Å². The van der Waals surface area contributed by atoms with Crippen molar-refractivity contribution in [3.63, 3.8) is 0 Å². The van der Waals surface area contributed by atoms with Gasteiger partial charge in [-0.2, -0.15) is 0 Å². The van der Waals surface area contributed by atoms with E-state index in [4.69, 9.17) is 11.6 Å². The molecule has 2 unspecified atom stereocenters. The molecule has 0 saturated heterocycles. The van der Waals surface area contributed by atoms with Gasteiger partial charge in [-0.05, 0) is 36.5 Å². The van der Waals surface area contributed by atoms with Crippen molar-refractivity contribution in [3.8, 4) is 0 Å². The van der Waals surface area contributed by atoms with Gasteiger partial charge in [-0.1, -0.05) is 53.4 Å². The van der Waals surface area contributed by atoms with Gasteiger partial charge in [-0.25, -0.2) is 0 Å². The third-order valence-corrected chi connectivity index (χ3v) is 5.04. The van der Waals surface area contributed by atoms with Crippen molar-refractivity contribution in [1.29, 1.82) is 0 Å². The van der Waals surface area contributed by atoms with Crippen LogP contribution in [0.3, 0.4) is 0 Å². The molecule has 1 aromatic rings. The molecule has 1 saturated carbocycles. The monoisotopic (exact) mass is 345 g/mol. The quantitative estimate of drug-likeness (QED) is 0.859. The van der Waals surface area contributed by atoms with Crippen molar-refractivity contribution < 1.29 is 5.11 Å². The Labute approximate surface area is 128 Å². The maximum absolute atomic E-state index is 9.76. The van der Waals surface area contributed by atoms with Crippen LogP contribution >= 0.6 is 27.5 Å². The van der Waals surface area contributed by atoms with E-state index in [1.165, 1.54) is 18.4 Å². The van der Waals surface area contributed by atoms with Crippen molar-refractivity contribution >= 4 is 27.5 Å². The molecular weight excluding hydrogens is 326 g/mol. The molecule has 0 aliphatic heterocycles. The highest BCUT2D eigenvalue weighted by molar-refractivity contribution is 9.10. The molecule has 1 fully saturated rings. The standard InChI is InChI=1S/C15H21BrClNO/c1-11-3-2-6-15(8-11,10-19)18-9-12-4-5-13(17)7-14(12)16/h4-5,7,11,18-19H,2-3,6,8-10H2,1H3. The molecule has 1 aliphatic carbocycles. The number of benzene rings is 1. The van der Waals surface area contributed by atoms with Crippen molar-refractivity contribution in [2.75, 3.05) is 6.61 Å². The molecule has 2 rings (SSSR count). The van der Waals surface area contributed by atoms with Crippen LogP contribution in [0.2, 0.25) is 5.02 Å². The molecule has 0 heterocycles. The molecule has 106 valence electrons. The van der Waals surface area contributed by atoms with Crippen LogP contribution in [-0.4, -0.2) is 17.3 Å². The SMILES string of the molecule is CC1CCCC(CO)(NCc2ccc(Cl)cc2Br)C1. The highest BCUT2D eigenvalue weighted by atomic mass is 79.9. The summed E-state index contributed by atoms with van der Waals surface area (Å²) in [7, 11) is 0. The van der Waals surface area contributed by atoms with Crippen LogP contribution in [0.1, 0.15) is 38.2 Å². The summed E-state index contributed by atoms with van der Waals surface area (Å²) in [5.74, 6) is 0.682. The Kier molecular flexibility index (Phi) is 5.29. The number of rotatable bonds is 4. The maximum atomic E-state index is 9.76. The van der Waals surface area contributed by atoms with E-state index in [0.29, 0.717) is 5.92 Å². The van der Waals surface area contributed by atoms with E-state index in [1.54, 1.807) is 0 Å². The molecule has 0 bridgehead atoms. The van der Waals surface area contributed by atoms with Gasteiger partial charge < -0.3 is 10.4 Å². The lowest BCUT2D eigenvalue weighted by Crippen LogP contribution is -2.51. The number of halogens is 2. The lowest BCUT2D eigenvalue weighted by molar-refractivity contribution is 0.0982. The summed E-state index contributed by atoms with van der Waals surface area (Å²) >= 11 is 9.49. The normalized spacial score (nSPS) is 27.5. The lowest BCUT2D eigenvalue weighted by Gasteiger charge is -2.39. The first-order valence-corrected chi connectivity index (χ1v) is 8.01. The first-order chi connectivity index (χ1) is 9.04. The fourth-order valence-electron chi connectivity index (χ4n) is 2.97. The number of hydrogen-bond acceptors (Lipinski definition) is 2. The Morgan fingerprint density at radius 3 is 2.95 bits per heavy atom. The van der Waals surface area contributed by atoms with Crippen LogP contribution in [0.25, 0.3) is 0 Å². The van der Waals surface area contributed by atoms with Gasteiger partial charge in [0.2, 0.25) is 0 Å². The molecule has 0 radical (unpaired) electrons. The molecule has 1 aliphatic rings. The van der Waals surface area contributed by atoms with Gasteiger partial charge in [0.1, 0.15) is 0 Å². The Bertz CT molecular complexity index is 440. The first kappa shape index (κ1) is 15.3.